The zero-order chi connectivity index (χ0) is 38.4. The van der Waals surface area contributed by atoms with Crippen LogP contribution in [0.5, 0.6) is 0 Å². The molecule has 11 rings (SSSR count). The maximum absolute atomic E-state index is 2.52. The van der Waals surface area contributed by atoms with Gasteiger partial charge >= 0.3 is 0 Å². The SMILES string of the molecule is C1=CC(N(c2ccccc2)c2cccc3ccccc23)Cc2ccc(-c3cc4c(-c5ccccc5)c(-c5ccccc5)n(-c5ccccc5)c4c4ccccc34)cc21. The average molecular weight is 741 g/mol. The zero-order valence-electron chi connectivity index (χ0n) is 32.0. The third-order valence-electron chi connectivity index (χ3n) is 11.9. The molecule has 0 fully saturated rings. The molecule has 0 radical (unpaired) electrons. The Balaban J connectivity index is 1.09. The Morgan fingerprint density at radius 1 is 0.466 bits per heavy atom. The fourth-order valence-corrected chi connectivity index (χ4v) is 9.29. The van der Waals surface area contributed by atoms with E-state index in [4.69, 9.17) is 0 Å². The number of para-hydroxylation sites is 2. The molecule has 274 valence electrons. The van der Waals surface area contributed by atoms with Crippen LogP contribution in [0.25, 0.3) is 77.7 Å². The molecule has 1 atom stereocenters. The van der Waals surface area contributed by atoms with E-state index >= 15 is 0 Å². The van der Waals surface area contributed by atoms with Crippen molar-refractivity contribution in [2.75, 3.05) is 4.90 Å². The molecular formula is C56H40N2. The molecule has 1 aliphatic carbocycles. The van der Waals surface area contributed by atoms with Crippen LogP contribution in [-0.4, -0.2) is 10.6 Å². The molecule has 1 heterocycles. The van der Waals surface area contributed by atoms with Gasteiger partial charge in [-0.05, 0) is 93.0 Å². The van der Waals surface area contributed by atoms with Crippen molar-refractivity contribution in [2.24, 2.45) is 0 Å². The summed E-state index contributed by atoms with van der Waals surface area (Å²) >= 11 is 0. The van der Waals surface area contributed by atoms with E-state index in [1.807, 2.05) is 0 Å². The average Bonchev–Trinajstić information content (AvgIpc) is 3.65. The van der Waals surface area contributed by atoms with Crippen molar-refractivity contribution in [3.63, 3.8) is 0 Å². The van der Waals surface area contributed by atoms with Gasteiger partial charge in [0.1, 0.15) is 0 Å². The summed E-state index contributed by atoms with van der Waals surface area (Å²) < 4.78 is 2.49. The number of hydrogen-bond donors (Lipinski definition) is 0. The quantitative estimate of drug-likeness (QED) is 0.158. The van der Waals surface area contributed by atoms with Gasteiger partial charge in [-0.2, -0.15) is 0 Å². The lowest BCUT2D eigenvalue weighted by Gasteiger charge is -2.35. The van der Waals surface area contributed by atoms with Crippen LogP contribution in [0.4, 0.5) is 11.4 Å². The lowest BCUT2D eigenvalue weighted by atomic mass is 9.88. The number of fused-ring (bicyclic) bond motifs is 5. The van der Waals surface area contributed by atoms with Gasteiger partial charge in [0, 0.05) is 38.8 Å². The smallest absolute Gasteiger partial charge is 0.0620 e. The monoisotopic (exact) mass is 740 g/mol. The molecule has 1 unspecified atom stereocenters. The van der Waals surface area contributed by atoms with Gasteiger partial charge in [0.15, 0.2) is 0 Å². The van der Waals surface area contributed by atoms with E-state index in [1.165, 1.54) is 88.5 Å². The molecule has 9 aromatic carbocycles. The summed E-state index contributed by atoms with van der Waals surface area (Å²) in [4.78, 5) is 2.52. The van der Waals surface area contributed by atoms with E-state index in [-0.39, 0.29) is 6.04 Å². The van der Waals surface area contributed by atoms with Crippen LogP contribution >= 0.6 is 0 Å². The minimum Gasteiger partial charge on any atom is -0.334 e. The van der Waals surface area contributed by atoms with Crippen LogP contribution < -0.4 is 4.90 Å². The summed E-state index contributed by atoms with van der Waals surface area (Å²) in [7, 11) is 0. The summed E-state index contributed by atoms with van der Waals surface area (Å²) in [5.74, 6) is 0. The van der Waals surface area contributed by atoms with Gasteiger partial charge in [0.05, 0.1) is 17.3 Å². The Morgan fingerprint density at radius 3 is 1.84 bits per heavy atom. The highest BCUT2D eigenvalue weighted by Gasteiger charge is 2.27. The molecule has 1 aliphatic rings. The molecule has 2 heteroatoms. The fraction of sp³-hybridized carbons (Fsp3) is 0.0357. The summed E-state index contributed by atoms with van der Waals surface area (Å²) in [5.41, 5.74) is 14.7. The number of aromatic nitrogens is 1. The van der Waals surface area contributed by atoms with Crippen molar-refractivity contribution < 1.29 is 0 Å². The predicted octanol–water partition coefficient (Wildman–Crippen LogP) is 14.7. The van der Waals surface area contributed by atoms with E-state index in [0.717, 1.165) is 12.1 Å². The van der Waals surface area contributed by atoms with E-state index in [0.29, 0.717) is 0 Å². The van der Waals surface area contributed by atoms with Crippen LogP contribution in [0.3, 0.4) is 0 Å². The van der Waals surface area contributed by atoms with Crippen LogP contribution in [0.15, 0.2) is 218 Å². The van der Waals surface area contributed by atoms with Crippen LogP contribution in [0.1, 0.15) is 11.1 Å². The maximum Gasteiger partial charge on any atom is 0.0620 e. The minimum absolute atomic E-state index is 0.159. The zero-order valence-corrected chi connectivity index (χ0v) is 32.0. The van der Waals surface area contributed by atoms with Gasteiger partial charge in [-0.25, -0.2) is 0 Å². The normalized spacial score (nSPS) is 13.6. The molecule has 58 heavy (non-hydrogen) atoms. The first kappa shape index (κ1) is 33.9. The van der Waals surface area contributed by atoms with E-state index in [2.05, 4.69) is 234 Å². The second kappa shape index (κ2) is 14.3. The van der Waals surface area contributed by atoms with Crippen LogP contribution in [-0.2, 0) is 6.42 Å². The molecule has 1 aromatic heterocycles. The highest BCUT2D eigenvalue weighted by molar-refractivity contribution is 6.20. The number of hydrogen-bond acceptors (Lipinski definition) is 1. The number of rotatable bonds is 7. The molecule has 0 bridgehead atoms. The fourth-order valence-electron chi connectivity index (χ4n) is 9.29. The number of anilines is 2. The van der Waals surface area contributed by atoms with Crippen LogP contribution in [0, 0.1) is 0 Å². The van der Waals surface area contributed by atoms with Crippen molar-refractivity contribution in [2.45, 2.75) is 12.5 Å². The lowest BCUT2D eigenvalue weighted by Crippen LogP contribution is -2.33. The second-order valence-corrected chi connectivity index (χ2v) is 15.2. The van der Waals surface area contributed by atoms with Crippen molar-refractivity contribution in [3.8, 4) is 39.2 Å². The minimum atomic E-state index is 0.159. The summed E-state index contributed by atoms with van der Waals surface area (Å²) in [6, 6.07) is 77.5. The lowest BCUT2D eigenvalue weighted by molar-refractivity contribution is 0.769. The topological polar surface area (TPSA) is 8.17 Å². The Kier molecular flexibility index (Phi) is 8.33. The molecule has 0 spiro atoms. The molecule has 10 aromatic rings. The maximum atomic E-state index is 2.52. The molecule has 0 N–H and O–H groups in total. The summed E-state index contributed by atoms with van der Waals surface area (Å²) in [6.45, 7) is 0. The molecule has 0 saturated carbocycles. The van der Waals surface area contributed by atoms with Gasteiger partial charge in [0.25, 0.3) is 0 Å². The van der Waals surface area contributed by atoms with Gasteiger partial charge in [-0.15, -0.1) is 0 Å². The first-order chi connectivity index (χ1) is 28.8. The predicted molar refractivity (Wildman–Crippen MR) is 246 cm³/mol. The first-order valence-corrected chi connectivity index (χ1v) is 20.2. The Labute approximate surface area is 339 Å². The van der Waals surface area contributed by atoms with E-state index < -0.39 is 0 Å². The van der Waals surface area contributed by atoms with Gasteiger partial charge in [-0.3, -0.25) is 0 Å². The Morgan fingerprint density at radius 2 is 1.09 bits per heavy atom. The standard InChI is InChI=1S/C56H40N2/c1-5-19-40(20-6-1)54-52-38-51(49-29-15-16-30-50(49)56(52)58(46-26-11-4-12-27-46)55(54)41-21-7-2-8-22-41)44-33-32-43-37-47(35-34-42(43)36-44)57(45-24-9-3-10-25-45)53-31-17-23-39-18-13-14-28-48(39)53/h1-36,38,47H,37H2. The highest BCUT2D eigenvalue weighted by Crippen LogP contribution is 2.48. The third-order valence-corrected chi connectivity index (χ3v) is 11.9. The molecule has 0 amide bonds. The largest absolute Gasteiger partial charge is 0.334 e. The molecular weight excluding hydrogens is 701 g/mol. The third kappa shape index (κ3) is 5.73. The molecule has 0 saturated heterocycles. The Hall–Kier alpha value is -7.42. The molecule has 2 nitrogen and oxygen atoms in total. The molecule has 0 aliphatic heterocycles. The second-order valence-electron chi connectivity index (χ2n) is 15.2. The van der Waals surface area contributed by atoms with Gasteiger partial charge < -0.3 is 9.47 Å². The Bertz CT molecular complexity index is 3120. The number of benzene rings is 9. The van der Waals surface area contributed by atoms with E-state index in [9.17, 15) is 0 Å². The van der Waals surface area contributed by atoms with Crippen molar-refractivity contribution in [3.05, 3.63) is 230 Å². The number of nitrogens with zero attached hydrogens (tertiary/aromatic N) is 2. The summed E-state index contributed by atoms with van der Waals surface area (Å²) in [5, 5.41) is 6.23. The van der Waals surface area contributed by atoms with Crippen molar-refractivity contribution in [1.29, 1.82) is 0 Å². The first-order valence-electron chi connectivity index (χ1n) is 20.2. The van der Waals surface area contributed by atoms with Crippen molar-refractivity contribution >= 4 is 49.9 Å². The van der Waals surface area contributed by atoms with Crippen LogP contribution in [0.2, 0.25) is 0 Å². The van der Waals surface area contributed by atoms with E-state index in [1.54, 1.807) is 0 Å². The van der Waals surface area contributed by atoms with Gasteiger partial charge in [-0.1, -0.05) is 182 Å². The van der Waals surface area contributed by atoms with Crippen molar-refractivity contribution in [1.82, 2.24) is 4.57 Å². The summed E-state index contributed by atoms with van der Waals surface area (Å²) in [6.07, 6.45) is 5.66. The van der Waals surface area contributed by atoms with Gasteiger partial charge in [0.2, 0.25) is 0 Å². The highest BCUT2D eigenvalue weighted by atomic mass is 15.2.